The minimum atomic E-state index is 0.781. The molecule has 3 heteroatoms. The molecule has 1 atom stereocenters. The highest BCUT2D eigenvalue weighted by molar-refractivity contribution is 4.54. The molecule has 0 saturated carbocycles. The van der Waals surface area contributed by atoms with E-state index in [1.807, 2.05) is 0 Å². The van der Waals surface area contributed by atoms with E-state index in [4.69, 9.17) is 9.47 Å². The van der Waals surface area contributed by atoms with Gasteiger partial charge in [-0.1, -0.05) is 34.1 Å². The molecule has 122 valence electrons. The summed E-state index contributed by atoms with van der Waals surface area (Å²) >= 11 is 0. The summed E-state index contributed by atoms with van der Waals surface area (Å²) in [5, 5.41) is 3.47. The Hall–Kier alpha value is -0.120. The molecule has 0 aromatic carbocycles. The molecule has 0 aliphatic heterocycles. The van der Waals surface area contributed by atoms with E-state index in [2.05, 4.69) is 33.0 Å². The Kier molecular flexibility index (Phi) is 15.2. The molecule has 20 heavy (non-hydrogen) atoms. The predicted molar refractivity (Wildman–Crippen MR) is 87.3 cm³/mol. The first-order valence-electron chi connectivity index (χ1n) is 8.53. The maximum absolute atomic E-state index is 5.59. The van der Waals surface area contributed by atoms with E-state index < -0.39 is 0 Å². The Balaban J connectivity index is 2.99. The molecule has 0 bridgehead atoms. The van der Waals surface area contributed by atoms with Crippen molar-refractivity contribution in [3.8, 4) is 0 Å². The number of ether oxygens (including phenoxy) is 2. The third-order valence-corrected chi connectivity index (χ3v) is 3.48. The highest BCUT2D eigenvalue weighted by Crippen LogP contribution is 2.03. The molecular weight excluding hydrogens is 250 g/mol. The molecule has 1 N–H and O–H groups in total. The van der Waals surface area contributed by atoms with Gasteiger partial charge in [-0.2, -0.15) is 0 Å². The summed E-state index contributed by atoms with van der Waals surface area (Å²) in [6.07, 6.45) is 5.81. The van der Waals surface area contributed by atoms with Gasteiger partial charge in [-0.15, -0.1) is 0 Å². The van der Waals surface area contributed by atoms with Crippen LogP contribution in [0.15, 0.2) is 0 Å². The van der Waals surface area contributed by atoms with Crippen LogP contribution in [-0.2, 0) is 9.47 Å². The minimum absolute atomic E-state index is 0.781. The molecule has 0 rings (SSSR count). The van der Waals surface area contributed by atoms with Crippen molar-refractivity contribution in [2.45, 2.75) is 59.8 Å². The summed E-state index contributed by atoms with van der Waals surface area (Å²) in [5.74, 6) is 1.57. The number of hydrogen-bond acceptors (Lipinski definition) is 3. The lowest BCUT2D eigenvalue weighted by molar-refractivity contribution is 0.0794. The van der Waals surface area contributed by atoms with Crippen molar-refractivity contribution in [3.63, 3.8) is 0 Å². The van der Waals surface area contributed by atoms with Gasteiger partial charge in [0, 0.05) is 26.4 Å². The van der Waals surface area contributed by atoms with Crippen LogP contribution >= 0.6 is 0 Å². The Morgan fingerprint density at radius 2 is 1.45 bits per heavy atom. The van der Waals surface area contributed by atoms with Gasteiger partial charge in [0.25, 0.3) is 0 Å². The SMILES string of the molecule is CCC(C)CNCCCOCCCOCCCC(C)C. The molecule has 0 spiro atoms. The molecule has 0 aromatic heterocycles. The summed E-state index contributed by atoms with van der Waals surface area (Å²) < 4.78 is 11.2. The van der Waals surface area contributed by atoms with Crippen molar-refractivity contribution in [2.24, 2.45) is 11.8 Å². The zero-order valence-corrected chi connectivity index (χ0v) is 14.2. The van der Waals surface area contributed by atoms with Crippen molar-refractivity contribution in [1.29, 1.82) is 0 Å². The van der Waals surface area contributed by atoms with Gasteiger partial charge in [-0.25, -0.2) is 0 Å². The fourth-order valence-electron chi connectivity index (χ4n) is 1.85. The van der Waals surface area contributed by atoms with Crippen LogP contribution < -0.4 is 5.32 Å². The number of nitrogens with one attached hydrogen (secondary N) is 1. The molecule has 0 aliphatic rings. The summed E-state index contributed by atoms with van der Waals surface area (Å²) in [6.45, 7) is 14.7. The van der Waals surface area contributed by atoms with Crippen LogP contribution in [0.2, 0.25) is 0 Å². The van der Waals surface area contributed by atoms with E-state index in [9.17, 15) is 0 Å². The highest BCUT2D eigenvalue weighted by atomic mass is 16.5. The zero-order valence-electron chi connectivity index (χ0n) is 14.2. The third kappa shape index (κ3) is 15.9. The van der Waals surface area contributed by atoms with Crippen LogP contribution in [0.3, 0.4) is 0 Å². The molecule has 0 radical (unpaired) electrons. The molecule has 0 aliphatic carbocycles. The summed E-state index contributed by atoms with van der Waals surface area (Å²) in [6, 6.07) is 0. The Bertz CT molecular complexity index is 186. The molecule has 0 heterocycles. The summed E-state index contributed by atoms with van der Waals surface area (Å²) in [5.41, 5.74) is 0. The number of rotatable bonds is 15. The van der Waals surface area contributed by atoms with Crippen LogP contribution in [0.25, 0.3) is 0 Å². The van der Waals surface area contributed by atoms with E-state index in [0.717, 1.165) is 64.2 Å². The maximum Gasteiger partial charge on any atom is 0.0487 e. The van der Waals surface area contributed by atoms with Crippen molar-refractivity contribution < 1.29 is 9.47 Å². The van der Waals surface area contributed by atoms with E-state index in [0.29, 0.717) is 0 Å². The standard InChI is InChI=1S/C17H37NO2/c1-5-17(4)15-18-10-7-12-20-14-8-13-19-11-6-9-16(2)3/h16-18H,5-15H2,1-4H3. The van der Waals surface area contributed by atoms with E-state index in [1.165, 1.54) is 19.3 Å². The van der Waals surface area contributed by atoms with Gasteiger partial charge in [0.15, 0.2) is 0 Å². The van der Waals surface area contributed by atoms with E-state index in [1.54, 1.807) is 0 Å². The third-order valence-electron chi connectivity index (χ3n) is 3.48. The van der Waals surface area contributed by atoms with Crippen molar-refractivity contribution in [3.05, 3.63) is 0 Å². The van der Waals surface area contributed by atoms with Crippen LogP contribution in [0.5, 0.6) is 0 Å². The van der Waals surface area contributed by atoms with Gasteiger partial charge in [0.05, 0.1) is 0 Å². The second kappa shape index (κ2) is 15.3. The highest BCUT2D eigenvalue weighted by Gasteiger charge is 1.97. The Labute approximate surface area is 126 Å². The molecule has 0 amide bonds. The second-order valence-corrected chi connectivity index (χ2v) is 6.19. The predicted octanol–water partition coefficient (Wildman–Crippen LogP) is 3.87. The second-order valence-electron chi connectivity index (χ2n) is 6.19. The van der Waals surface area contributed by atoms with Crippen LogP contribution in [0.1, 0.15) is 59.8 Å². The van der Waals surface area contributed by atoms with Crippen molar-refractivity contribution in [1.82, 2.24) is 5.32 Å². The zero-order chi connectivity index (χ0) is 15.1. The van der Waals surface area contributed by atoms with Gasteiger partial charge < -0.3 is 14.8 Å². The van der Waals surface area contributed by atoms with E-state index >= 15 is 0 Å². The quantitative estimate of drug-likeness (QED) is 0.464. The summed E-state index contributed by atoms with van der Waals surface area (Å²) in [7, 11) is 0. The Morgan fingerprint density at radius 1 is 0.850 bits per heavy atom. The van der Waals surface area contributed by atoms with Gasteiger partial charge in [0.2, 0.25) is 0 Å². The van der Waals surface area contributed by atoms with Crippen molar-refractivity contribution >= 4 is 0 Å². The first-order valence-corrected chi connectivity index (χ1v) is 8.53. The topological polar surface area (TPSA) is 30.5 Å². The van der Waals surface area contributed by atoms with Crippen molar-refractivity contribution in [2.75, 3.05) is 39.5 Å². The first-order chi connectivity index (χ1) is 9.66. The Morgan fingerprint density at radius 3 is 2.05 bits per heavy atom. The minimum Gasteiger partial charge on any atom is -0.381 e. The smallest absolute Gasteiger partial charge is 0.0487 e. The van der Waals surface area contributed by atoms with Gasteiger partial charge in [-0.3, -0.25) is 0 Å². The van der Waals surface area contributed by atoms with Gasteiger partial charge in [0.1, 0.15) is 0 Å². The fourth-order valence-corrected chi connectivity index (χ4v) is 1.85. The molecule has 0 aromatic rings. The summed E-state index contributed by atoms with van der Waals surface area (Å²) in [4.78, 5) is 0. The molecule has 1 unspecified atom stereocenters. The van der Waals surface area contributed by atoms with Crippen LogP contribution in [-0.4, -0.2) is 39.5 Å². The molecular formula is C17H37NO2. The fraction of sp³-hybridized carbons (Fsp3) is 1.00. The maximum atomic E-state index is 5.59. The normalized spacial score (nSPS) is 13.1. The lowest BCUT2D eigenvalue weighted by atomic mass is 10.1. The lowest BCUT2D eigenvalue weighted by Gasteiger charge is -2.10. The monoisotopic (exact) mass is 287 g/mol. The average molecular weight is 287 g/mol. The lowest BCUT2D eigenvalue weighted by Crippen LogP contribution is -2.22. The van der Waals surface area contributed by atoms with E-state index in [-0.39, 0.29) is 0 Å². The molecule has 3 nitrogen and oxygen atoms in total. The average Bonchev–Trinajstić information content (AvgIpc) is 2.43. The van der Waals surface area contributed by atoms with Gasteiger partial charge >= 0.3 is 0 Å². The first kappa shape index (κ1) is 19.9. The van der Waals surface area contributed by atoms with Crippen LogP contribution in [0.4, 0.5) is 0 Å². The van der Waals surface area contributed by atoms with Crippen LogP contribution in [0, 0.1) is 11.8 Å². The number of hydrogen-bond donors (Lipinski definition) is 1. The molecule has 0 fully saturated rings. The molecule has 0 saturated heterocycles. The van der Waals surface area contributed by atoms with Gasteiger partial charge in [-0.05, 0) is 50.6 Å². The largest absolute Gasteiger partial charge is 0.381 e.